The largest absolute Gasteiger partial charge is 0.495 e. The number of ether oxygens (including phenoxy) is 1. The number of carbonyl (C=O) groups excluding carboxylic acids is 1. The zero-order valence-corrected chi connectivity index (χ0v) is 20.9. The van der Waals surface area contributed by atoms with Gasteiger partial charge in [0.1, 0.15) is 16.5 Å². The Labute approximate surface area is 205 Å². The van der Waals surface area contributed by atoms with E-state index in [1.807, 2.05) is 30.0 Å². The van der Waals surface area contributed by atoms with Crippen molar-refractivity contribution in [3.8, 4) is 5.75 Å². The van der Waals surface area contributed by atoms with Gasteiger partial charge in [0, 0.05) is 50.0 Å². The lowest BCUT2D eigenvalue weighted by atomic mass is 9.97. The van der Waals surface area contributed by atoms with Crippen molar-refractivity contribution in [1.29, 1.82) is 0 Å². The van der Waals surface area contributed by atoms with Gasteiger partial charge >= 0.3 is 0 Å². The van der Waals surface area contributed by atoms with Gasteiger partial charge in [-0.1, -0.05) is 17.7 Å². The van der Waals surface area contributed by atoms with E-state index in [9.17, 15) is 17.6 Å². The van der Waals surface area contributed by atoms with E-state index < -0.39 is 21.8 Å². The summed E-state index contributed by atoms with van der Waals surface area (Å²) in [4.78, 5) is 17.1. The first-order valence-corrected chi connectivity index (χ1v) is 13.2. The van der Waals surface area contributed by atoms with Gasteiger partial charge in [-0.25, -0.2) is 12.8 Å². The van der Waals surface area contributed by atoms with Crippen LogP contribution in [0.4, 0.5) is 10.1 Å². The van der Waals surface area contributed by atoms with Crippen LogP contribution < -0.4 is 9.64 Å². The van der Waals surface area contributed by atoms with Crippen LogP contribution in [0.1, 0.15) is 18.4 Å². The summed E-state index contributed by atoms with van der Waals surface area (Å²) in [5.41, 5.74) is 2.20. The Hall–Kier alpha value is -2.36. The normalized spacial score (nSPS) is 19.8. The molecule has 2 aromatic carbocycles. The molecular formula is C24H29ClFN3O4S. The van der Waals surface area contributed by atoms with E-state index in [1.54, 1.807) is 0 Å². The van der Waals surface area contributed by atoms with Crippen LogP contribution in [0.25, 0.3) is 0 Å². The van der Waals surface area contributed by atoms with Crippen LogP contribution in [-0.2, 0) is 14.8 Å². The molecule has 10 heteroatoms. The third-order valence-corrected chi connectivity index (χ3v) is 8.70. The van der Waals surface area contributed by atoms with Gasteiger partial charge in [0.25, 0.3) is 0 Å². The summed E-state index contributed by atoms with van der Waals surface area (Å²) < 4.78 is 46.8. The number of halogens is 2. The van der Waals surface area contributed by atoms with Gasteiger partial charge in [-0.2, -0.15) is 4.31 Å². The molecule has 2 saturated heterocycles. The minimum atomic E-state index is -4.00. The summed E-state index contributed by atoms with van der Waals surface area (Å²) in [6.07, 6.45) is 1.19. The average molecular weight is 510 g/mol. The zero-order valence-electron chi connectivity index (χ0n) is 19.3. The molecule has 2 aliphatic heterocycles. The van der Waals surface area contributed by atoms with Crippen LogP contribution in [-0.4, -0.2) is 69.9 Å². The van der Waals surface area contributed by atoms with Crippen LogP contribution in [0.5, 0.6) is 5.75 Å². The lowest BCUT2D eigenvalue weighted by Crippen LogP contribution is -2.53. The van der Waals surface area contributed by atoms with E-state index in [4.69, 9.17) is 16.3 Å². The Morgan fingerprint density at radius 2 is 1.82 bits per heavy atom. The van der Waals surface area contributed by atoms with Gasteiger partial charge in [0.15, 0.2) is 0 Å². The van der Waals surface area contributed by atoms with Crippen molar-refractivity contribution in [2.24, 2.45) is 5.92 Å². The molecule has 0 N–H and O–H groups in total. The lowest BCUT2D eigenvalue weighted by Gasteiger charge is -2.40. The van der Waals surface area contributed by atoms with Crippen LogP contribution in [0.3, 0.4) is 0 Å². The number of carbonyl (C=O) groups is 1. The molecule has 0 radical (unpaired) electrons. The SMILES string of the molecule is COc1ccc(F)cc1S(=O)(=O)N1CCC[C@@H](C(=O)N2CCN(c3cc(Cl)ccc3C)CC2)C1. The van der Waals surface area contributed by atoms with Crippen molar-refractivity contribution in [3.63, 3.8) is 0 Å². The highest BCUT2D eigenvalue weighted by Gasteiger charge is 2.37. The Kier molecular flexibility index (Phi) is 7.35. The fourth-order valence-corrected chi connectivity index (χ4v) is 6.56. The number of rotatable bonds is 5. The molecule has 7 nitrogen and oxygen atoms in total. The second-order valence-electron chi connectivity index (χ2n) is 8.74. The summed E-state index contributed by atoms with van der Waals surface area (Å²) in [5, 5.41) is 0.678. The fourth-order valence-electron chi connectivity index (χ4n) is 4.70. The van der Waals surface area contributed by atoms with Crippen molar-refractivity contribution < 1.29 is 22.3 Å². The first-order chi connectivity index (χ1) is 16.2. The molecule has 2 aliphatic rings. The van der Waals surface area contributed by atoms with Gasteiger partial charge in [0.05, 0.1) is 13.0 Å². The fraction of sp³-hybridized carbons (Fsp3) is 0.458. The third-order valence-electron chi connectivity index (χ3n) is 6.58. The molecule has 2 heterocycles. The highest BCUT2D eigenvalue weighted by Crippen LogP contribution is 2.31. The van der Waals surface area contributed by atoms with Crippen LogP contribution in [0.2, 0.25) is 5.02 Å². The summed E-state index contributed by atoms with van der Waals surface area (Å²) in [6, 6.07) is 9.22. The minimum absolute atomic E-state index is 0.0337. The number of anilines is 1. The Balaban J connectivity index is 1.43. The summed E-state index contributed by atoms with van der Waals surface area (Å²) in [5.74, 6) is -1.03. The monoisotopic (exact) mass is 509 g/mol. The predicted molar refractivity (Wildman–Crippen MR) is 129 cm³/mol. The summed E-state index contributed by atoms with van der Waals surface area (Å²) >= 11 is 6.17. The van der Waals surface area contributed by atoms with Gasteiger partial charge in [-0.05, 0) is 55.7 Å². The first-order valence-electron chi connectivity index (χ1n) is 11.3. The number of piperazine rings is 1. The molecule has 0 aromatic heterocycles. The Morgan fingerprint density at radius 3 is 2.53 bits per heavy atom. The van der Waals surface area contributed by atoms with E-state index in [1.165, 1.54) is 17.5 Å². The van der Waals surface area contributed by atoms with Gasteiger partial charge in [-0.3, -0.25) is 4.79 Å². The zero-order chi connectivity index (χ0) is 24.5. The van der Waals surface area contributed by atoms with E-state index in [-0.39, 0.29) is 29.6 Å². The van der Waals surface area contributed by atoms with Crippen molar-refractivity contribution in [2.75, 3.05) is 51.3 Å². The Bertz CT molecular complexity index is 1170. The highest BCUT2D eigenvalue weighted by molar-refractivity contribution is 7.89. The van der Waals surface area contributed by atoms with Gasteiger partial charge in [0.2, 0.25) is 15.9 Å². The molecule has 0 spiro atoms. The van der Waals surface area contributed by atoms with E-state index in [0.29, 0.717) is 44.0 Å². The molecule has 0 aliphatic carbocycles. The number of sulfonamides is 1. The highest BCUT2D eigenvalue weighted by atomic mass is 35.5. The topological polar surface area (TPSA) is 70.2 Å². The summed E-state index contributed by atoms with van der Waals surface area (Å²) in [6.45, 7) is 4.89. The number of benzene rings is 2. The molecule has 0 bridgehead atoms. The van der Waals surface area contributed by atoms with Crippen LogP contribution in [0.15, 0.2) is 41.3 Å². The van der Waals surface area contributed by atoms with Gasteiger partial charge < -0.3 is 14.5 Å². The number of nitrogens with zero attached hydrogens (tertiary/aromatic N) is 3. The molecule has 1 atom stereocenters. The molecule has 0 unspecified atom stereocenters. The molecule has 2 aromatic rings. The summed E-state index contributed by atoms with van der Waals surface area (Å²) in [7, 11) is -2.65. The lowest BCUT2D eigenvalue weighted by molar-refractivity contribution is -0.137. The minimum Gasteiger partial charge on any atom is -0.495 e. The van der Waals surface area contributed by atoms with Gasteiger partial charge in [-0.15, -0.1) is 0 Å². The number of hydrogen-bond acceptors (Lipinski definition) is 5. The van der Waals surface area contributed by atoms with Crippen molar-refractivity contribution in [1.82, 2.24) is 9.21 Å². The standard InChI is InChI=1S/C24H29ClFN3O4S/c1-17-5-6-19(25)14-21(17)27-10-12-28(13-11-27)24(30)18-4-3-9-29(16-18)34(31,32)23-15-20(26)7-8-22(23)33-2/h5-8,14-15,18H,3-4,9-13,16H2,1-2H3/t18-/m1/s1. The van der Waals surface area contributed by atoms with E-state index in [0.717, 1.165) is 23.4 Å². The molecule has 1 amide bonds. The van der Waals surface area contributed by atoms with E-state index in [2.05, 4.69) is 4.90 Å². The number of methoxy groups -OCH3 is 1. The third kappa shape index (κ3) is 5.01. The smallest absolute Gasteiger partial charge is 0.246 e. The Morgan fingerprint density at radius 1 is 1.09 bits per heavy atom. The number of hydrogen-bond donors (Lipinski definition) is 0. The van der Waals surface area contributed by atoms with E-state index >= 15 is 0 Å². The van der Waals surface area contributed by atoms with Crippen LogP contribution >= 0.6 is 11.6 Å². The number of piperidine rings is 1. The van der Waals surface area contributed by atoms with Crippen molar-refractivity contribution >= 4 is 33.2 Å². The molecule has 34 heavy (non-hydrogen) atoms. The van der Waals surface area contributed by atoms with Crippen molar-refractivity contribution in [3.05, 3.63) is 52.8 Å². The molecule has 184 valence electrons. The number of aryl methyl sites for hydroxylation is 1. The molecule has 4 rings (SSSR count). The van der Waals surface area contributed by atoms with Crippen LogP contribution in [0, 0.1) is 18.7 Å². The maximum absolute atomic E-state index is 13.8. The second-order valence-corrected chi connectivity index (χ2v) is 11.1. The maximum atomic E-state index is 13.8. The predicted octanol–water partition coefficient (Wildman–Crippen LogP) is 3.55. The van der Waals surface area contributed by atoms with Crippen molar-refractivity contribution in [2.45, 2.75) is 24.7 Å². The molecule has 0 saturated carbocycles. The molecule has 2 fully saturated rings. The quantitative estimate of drug-likeness (QED) is 0.616. The second kappa shape index (κ2) is 10.1. The first kappa shape index (κ1) is 24.8. The average Bonchev–Trinajstić information content (AvgIpc) is 2.85. The number of amides is 1. The molecular weight excluding hydrogens is 481 g/mol. The maximum Gasteiger partial charge on any atom is 0.246 e.